The lowest BCUT2D eigenvalue weighted by molar-refractivity contribution is -0.137. The van der Waals surface area contributed by atoms with E-state index in [9.17, 15) is 4.79 Å². The Morgan fingerprint density at radius 3 is 2.57 bits per heavy atom. The van der Waals surface area contributed by atoms with Gasteiger partial charge in [-0.2, -0.15) is 0 Å². The number of carboxylic acid groups (broad SMARTS) is 1. The Morgan fingerprint density at radius 1 is 1.14 bits per heavy atom. The molecule has 1 aliphatic rings. The molecule has 4 heteroatoms. The molecular formula is C17H20ClNO2. The van der Waals surface area contributed by atoms with Crippen molar-refractivity contribution in [3.63, 3.8) is 0 Å². The molecule has 1 N–H and O–H groups in total. The van der Waals surface area contributed by atoms with Crippen molar-refractivity contribution in [2.24, 2.45) is 0 Å². The van der Waals surface area contributed by atoms with Crippen molar-refractivity contribution in [1.82, 2.24) is 4.90 Å². The van der Waals surface area contributed by atoms with E-state index < -0.39 is 5.97 Å². The lowest BCUT2D eigenvalue weighted by Gasteiger charge is -2.22. The number of benzene rings is 2. The van der Waals surface area contributed by atoms with Gasteiger partial charge in [-0.15, -0.1) is 12.4 Å². The molecule has 0 amide bonds. The zero-order valence-electron chi connectivity index (χ0n) is 11.9. The van der Waals surface area contributed by atoms with Crippen molar-refractivity contribution >= 4 is 29.1 Å². The van der Waals surface area contributed by atoms with Crippen molar-refractivity contribution < 1.29 is 9.90 Å². The first-order valence-corrected chi connectivity index (χ1v) is 7.16. The van der Waals surface area contributed by atoms with Crippen LogP contribution in [0, 0.1) is 0 Å². The van der Waals surface area contributed by atoms with Crippen molar-refractivity contribution in [3.8, 4) is 0 Å². The highest BCUT2D eigenvalue weighted by Gasteiger charge is 2.29. The highest BCUT2D eigenvalue weighted by Crippen LogP contribution is 2.30. The molecule has 0 heterocycles. The summed E-state index contributed by atoms with van der Waals surface area (Å²) in [4.78, 5) is 13.1. The summed E-state index contributed by atoms with van der Waals surface area (Å²) in [6.45, 7) is 1.49. The Morgan fingerprint density at radius 2 is 1.86 bits per heavy atom. The number of halogens is 1. The normalized spacial score (nSPS) is 14.1. The maximum Gasteiger partial charge on any atom is 0.304 e. The van der Waals surface area contributed by atoms with E-state index in [1.165, 1.54) is 29.2 Å². The minimum atomic E-state index is -0.714. The summed E-state index contributed by atoms with van der Waals surface area (Å²) in [6.07, 6.45) is 2.62. The summed E-state index contributed by atoms with van der Waals surface area (Å²) in [5.74, 6) is -0.714. The number of carboxylic acids is 1. The molecule has 0 spiro atoms. The van der Waals surface area contributed by atoms with Gasteiger partial charge in [-0.1, -0.05) is 42.5 Å². The Kier molecular flexibility index (Phi) is 5.21. The first kappa shape index (κ1) is 15.8. The van der Waals surface area contributed by atoms with Gasteiger partial charge in [0.1, 0.15) is 0 Å². The highest BCUT2D eigenvalue weighted by atomic mass is 35.5. The molecule has 2 aromatic rings. The largest absolute Gasteiger partial charge is 0.481 e. The zero-order valence-corrected chi connectivity index (χ0v) is 12.7. The summed E-state index contributed by atoms with van der Waals surface area (Å²) in [5.41, 5.74) is 1.29. The summed E-state index contributed by atoms with van der Waals surface area (Å²) in [6, 6.07) is 15.3. The van der Waals surface area contributed by atoms with E-state index >= 15 is 0 Å². The molecule has 2 aromatic carbocycles. The second-order valence-electron chi connectivity index (χ2n) is 5.48. The molecule has 0 aliphatic heterocycles. The second-order valence-corrected chi connectivity index (χ2v) is 5.48. The summed E-state index contributed by atoms with van der Waals surface area (Å²) in [7, 11) is 0. The minimum Gasteiger partial charge on any atom is -0.481 e. The Balaban J connectivity index is 0.00000161. The average molecular weight is 306 g/mol. The molecule has 1 aliphatic carbocycles. The third-order valence-corrected chi connectivity index (χ3v) is 3.93. The monoisotopic (exact) mass is 305 g/mol. The molecule has 3 rings (SSSR count). The number of hydrogen-bond acceptors (Lipinski definition) is 2. The Labute approximate surface area is 131 Å². The number of rotatable bonds is 6. The number of nitrogens with zero attached hydrogens (tertiary/aromatic N) is 1. The third kappa shape index (κ3) is 3.96. The van der Waals surface area contributed by atoms with Crippen LogP contribution < -0.4 is 0 Å². The zero-order chi connectivity index (χ0) is 13.9. The SMILES string of the molecule is Cl.O=C(O)CCN(Cc1cccc2ccccc12)C1CC1. The minimum absolute atomic E-state index is 0. The van der Waals surface area contributed by atoms with Gasteiger partial charge in [0.25, 0.3) is 0 Å². The fraction of sp³-hybridized carbons (Fsp3) is 0.353. The van der Waals surface area contributed by atoms with Crippen LogP contribution >= 0.6 is 12.4 Å². The number of aliphatic carboxylic acids is 1. The van der Waals surface area contributed by atoms with Crippen molar-refractivity contribution in [2.45, 2.75) is 31.8 Å². The Hall–Kier alpha value is -1.58. The first-order chi connectivity index (χ1) is 9.74. The smallest absolute Gasteiger partial charge is 0.304 e. The highest BCUT2D eigenvalue weighted by molar-refractivity contribution is 5.86. The van der Waals surface area contributed by atoms with Crippen molar-refractivity contribution in [3.05, 3.63) is 48.0 Å². The molecule has 112 valence electrons. The fourth-order valence-electron chi connectivity index (χ4n) is 2.72. The number of carbonyl (C=O) groups is 1. The van der Waals surface area contributed by atoms with E-state index in [0.29, 0.717) is 12.6 Å². The van der Waals surface area contributed by atoms with Crippen molar-refractivity contribution in [1.29, 1.82) is 0 Å². The second kappa shape index (κ2) is 6.92. The van der Waals surface area contributed by atoms with Gasteiger partial charge in [-0.05, 0) is 29.2 Å². The van der Waals surface area contributed by atoms with Crippen LogP contribution in [-0.2, 0) is 11.3 Å². The molecule has 1 saturated carbocycles. The lowest BCUT2D eigenvalue weighted by atomic mass is 10.0. The number of fused-ring (bicyclic) bond motifs is 1. The summed E-state index contributed by atoms with van der Waals surface area (Å²) < 4.78 is 0. The lowest BCUT2D eigenvalue weighted by Crippen LogP contribution is -2.28. The molecule has 0 unspecified atom stereocenters. The quantitative estimate of drug-likeness (QED) is 0.884. The van der Waals surface area contributed by atoms with Crippen LogP contribution in [0.5, 0.6) is 0 Å². The van der Waals surface area contributed by atoms with Crippen LogP contribution in [0.3, 0.4) is 0 Å². The van der Waals surface area contributed by atoms with Crippen LogP contribution in [0.15, 0.2) is 42.5 Å². The molecule has 0 radical (unpaired) electrons. The van der Waals surface area contributed by atoms with E-state index in [1.54, 1.807) is 0 Å². The maximum atomic E-state index is 10.8. The van der Waals surface area contributed by atoms with E-state index in [2.05, 4.69) is 47.4 Å². The summed E-state index contributed by atoms with van der Waals surface area (Å²) in [5, 5.41) is 11.4. The first-order valence-electron chi connectivity index (χ1n) is 7.16. The molecule has 1 fully saturated rings. The third-order valence-electron chi connectivity index (χ3n) is 3.93. The molecule has 0 saturated heterocycles. The van der Waals surface area contributed by atoms with Gasteiger partial charge >= 0.3 is 5.97 Å². The molecular weight excluding hydrogens is 286 g/mol. The molecule has 0 bridgehead atoms. The van der Waals surface area contributed by atoms with E-state index in [-0.39, 0.29) is 18.8 Å². The topological polar surface area (TPSA) is 40.5 Å². The molecule has 0 atom stereocenters. The average Bonchev–Trinajstić information content (AvgIpc) is 3.28. The van der Waals surface area contributed by atoms with Gasteiger partial charge < -0.3 is 5.11 Å². The van der Waals surface area contributed by atoms with Gasteiger partial charge in [0.05, 0.1) is 6.42 Å². The Bertz CT molecular complexity index is 620. The van der Waals surface area contributed by atoms with Gasteiger partial charge in [-0.25, -0.2) is 0 Å². The molecule has 3 nitrogen and oxygen atoms in total. The van der Waals surface area contributed by atoms with Crippen LogP contribution in [-0.4, -0.2) is 28.6 Å². The van der Waals surface area contributed by atoms with Gasteiger partial charge in [0.2, 0.25) is 0 Å². The van der Waals surface area contributed by atoms with E-state index in [1.807, 2.05) is 0 Å². The van der Waals surface area contributed by atoms with Crippen LogP contribution in [0.2, 0.25) is 0 Å². The van der Waals surface area contributed by atoms with Crippen molar-refractivity contribution in [2.75, 3.05) is 6.54 Å². The standard InChI is InChI=1S/C17H19NO2.ClH/c19-17(20)10-11-18(15-8-9-15)12-14-6-3-5-13-4-1-2-7-16(13)14;/h1-7,15H,8-12H2,(H,19,20);1H. The van der Waals surface area contributed by atoms with E-state index in [4.69, 9.17) is 5.11 Å². The van der Waals surface area contributed by atoms with Crippen LogP contribution in [0.4, 0.5) is 0 Å². The molecule has 21 heavy (non-hydrogen) atoms. The van der Waals surface area contributed by atoms with Crippen LogP contribution in [0.1, 0.15) is 24.8 Å². The van der Waals surface area contributed by atoms with E-state index in [0.717, 1.165) is 6.54 Å². The summed E-state index contributed by atoms with van der Waals surface area (Å²) >= 11 is 0. The predicted octanol–water partition coefficient (Wildman–Crippen LogP) is 3.70. The fourth-order valence-corrected chi connectivity index (χ4v) is 2.72. The number of hydrogen-bond donors (Lipinski definition) is 1. The van der Waals surface area contributed by atoms with Crippen LogP contribution in [0.25, 0.3) is 10.8 Å². The van der Waals surface area contributed by atoms with Gasteiger partial charge in [-0.3, -0.25) is 9.69 Å². The maximum absolute atomic E-state index is 10.8. The van der Waals surface area contributed by atoms with Gasteiger partial charge in [0, 0.05) is 19.1 Å². The predicted molar refractivity (Wildman–Crippen MR) is 86.9 cm³/mol. The van der Waals surface area contributed by atoms with Gasteiger partial charge in [0.15, 0.2) is 0 Å². The molecule has 0 aromatic heterocycles.